The molecule has 0 saturated carbocycles. The van der Waals surface area contributed by atoms with E-state index in [0.717, 1.165) is 11.1 Å². The Kier molecular flexibility index (Phi) is 7.41. The van der Waals surface area contributed by atoms with E-state index in [9.17, 15) is 13.2 Å². The minimum absolute atomic E-state index is 0.00268. The first kappa shape index (κ1) is 21.5. The number of hydrogen-bond donors (Lipinski definition) is 1. The van der Waals surface area contributed by atoms with Gasteiger partial charge in [0, 0.05) is 32.7 Å². The van der Waals surface area contributed by atoms with Crippen molar-refractivity contribution in [3.8, 4) is 0 Å². The van der Waals surface area contributed by atoms with Gasteiger partial charge < -0.3 is 10.1 Å². The summed E-state index contributed by atoms with van der Waals surface area (Å²) in [5.41, 5.74) is 1.79. The molecule has 6 nitrogen and oxygen atoms in total. The van der Waals surface area contributed by atoms with Crippen LogP contribution in [0, 0.1) is 5.92 Å². The highest BCUT2D eigenvalue weighted by atomic mass is 32.2. The van der Waals surface area contributed by atoms with Gasteiger partial charge in [0.1, 0.15) is 0 Å². The Morgan fingerprint density at radius 3 is 2.24 bits per heavy atom. The number of sulfonamides is 1. The predicted molar refractivity (Wildman–Crippen MR) is 113 cm³/mol. The molecular weight excluding hydrogens is 388 g/mol. The number of nitrogens with one attached hydrogen (secondary N) is 1. The molecular formula is C22H28N2O4S. The van der Waals surface area contributed by atoms with Crippen LogP contribution in [-0.4, -0.2) is 45.4 Å². The van der Waals surface area contributed by atoms with Crippen LogP contribution in [0.15, 0.2) is 60.7 Å². The first-order chi connectivity index (χ1) is 14.0. The maximum absolute atomic E-state index is 12.7. The minimum Gasteiger partial charge on any atom is -0.375 e. The summed E-state index contributed by atoms with van der Waals surface area (Å²) in [6, 6.07) is 18.9. The highest BCUT2D eigenvalue weighted by Gasteiger charge is 2.31. The number of rotatable bonds is 8. The van der Waals surface area contributed by atoms with Gasteiger partial charge >= 0.3 is 0 Å². The van der Waals surface area contributed by atoms with Gasteiger partial charge in [-0.15, -0.1) is 0 Å². The lowest BCUT2D eigenvalue weighted by atomic mass is 9.97. The molecule has 1 atom stereocenters. The predicted octanol–water partition coefficient (Wildman–Crippen LogP) is 2.73. The van der Waals surface area contributed by atoms with E-state index in [0.29, 0.717) is 32.5 Å². The zero-order valence-electron chi connectivity index (χ0n) is 16.7. The lowest BCUT2D eigenvalue weighted by molar-refractivity contribution is -0.126. The molecule has 1 saturated heterocycles. The molecule has 0 radical (unpaired) electrons. The van der Waals surface area contributed by atoms with Gasteiger partial charge in [0.25, 0.3) is 0 Å². The highest BCUT2D eigenvalue weighted by molar-refractivity contribution is 7.88. The molecule has 1 amide bonds. The standard InChI is InChI=1S/C22H28N2O4S/c1-28-21(19-10-6-3-7-11-19)16-23-22(25)20-12-14-24(15-13-20)29(26,27)17-18-8-4-2-5-9-18/h2-11,20-21H,12-17H2,1H3,(H,23,25). The first-order valence-corrected chi connectivity index (χ1v) is 11.5. The molecule has 1 unspecified atom stereocenters. The van der Waals surface area contributed by atoms with Crippen molar-refractivity contribution in [1.82, 2.24) is 9.62 Å². The van der Waals surface area contributed by atoms with Crippen molar-refractivity contribution >= 4 is 15.9 Å². The summed E-state index contributed by atoms with van der Waals surface area (Å²) in [5.74, 6) is -0.216. The van der Waals surface area contributed by atoms with Crippen molar-refractivity contribution in [1.29, 1.82) is 0 Å². The second-order valence-corrected chi connectivity index (χ2v) is 9.26. The smallest absolute Gasteiger partial charge is 0.223 e. The van der Waals surface area contributed by atoms with Gasteiger partial charge in [-0.05, 0) is 24.0 Å². The fraction of sp³-hybridized carbons (Fsp3) is 0.409. The van der Waals surface area contributed by atoms with Crippen LogP contribution in [-0.2, 0) is 25.3 Å². The van der Waals surface area contributed by atoms with E-state index in [-0.39, 0.29) is 23.7 Å². The van der Waals surface area contributed by atoms with Gasteiger partial charge in [-0.3, -0.25) is 4.79 Å². The molecule has 0 bridgehead atoms. The van der Waals surface area contributed by atoms with Gasteiger partial charge in [-0.25, -0.2) is 12.7 Å². The maximum atomic E-state index is 12.7. The quantitative estimate of drug-likeness (QED) is 0.718. The molecule has 0 aliphatic carbocycles. The Morgan fingerprint density at radius 2 is 1.66 bits per heavy atom. The van der Waals surface area contributed by atoms with Crippen LogP contribution in [0.25, 0.3) is 0 Å². The Morgan fingerprint density at radius 1 is 1.07 bits per heavy atom. The van der Waals surface area contributed by atoms with E-state index in [4.69, 9.17) is 4.74 Å². The lowest BCUT2D eigenvalue weighted by Crippen LogP contribution is -2.44. The summed E-state index contributed by atoms with van der Waals surface area (Å²) >= 11 is 0. The third-order valence-corrected chi connectivity index (χ3v) is 7.18. The summed E-state index contributed by atoms with van der Waals surface area (Å²) < 4.78 is 32.3. The molecule has 2 aromatic rings. The van der Waals surface area contributed by atoms with Gasteiger partial charge in [-0.1, -0.05) is 60.7 Å². The average Bonchev–Trinajstić information content (AvgIpc) is 2.75. The first-order valence-electron chi connectivity index (χ1n) is 9.87. The summed E-state index contributed by atoms with van der Waals surface area (Å²) in [7, 11) is -1.74. The van der Waals surface area contributed by atoms with Crippen molar-refractivity contribution in [3.63, 3.8) is 0 Å². The van der Waals surface area contributed by atoms with Crippen LogP contribution in [0.2, 0.25) is 0 Å². The molecule has 0 spiro atoms. The van der Waals surface area contributed by atoms with Crippen molar-refractivity contribution in [2.45, 2.75) is 24.7 Å². The zero-order valence-corrected chi connectivity index (χ0v) is 17.5. The van der Waals surface area contributed by atoms with Crippen molar-refractivity contribution in [3.05, 3.63) is 71.8 Å². The summed E-state index contributed by atoms with van der Waals surface area (Å²) in [4.78, 5) is 12.6. The second kappa shape index (κ2) is 10.0. The highest BCUT2D eigenvalue weighted by Crippen LogP contribution is 2.22. The number of hydrogen-bond acceptors (Lipinski definition) is 4. The normalized spacial score (nSPS) is 17.0. The number of nitrogens with zero attached hydrogens (tertiary/aromatic N) is 1. The third-order valence-electron chi connectivity index (χ3n) is 5.33. The second-order valence-electron chi connectivity index (χ2n) is 7.30. The number of carbonyl (C=O) groups is 1. The number of methoxy groups -OCH3 is 1. The van der Waals surface area contributed by atoms with E-state index in [1.807, 2.05) is 60.7 Å². The van der Waals surface area contributed by atoms with Crippen LogP contribution in [0.3, 0.4) is 0 Å². The maximum Gasteiger partial charge on any atom is 0.223 e. The number of carbonyl (C=O) groups excluding carboxylic acids is 1. The molecule has 2 aromatic carbocycles. The SMILES string of the molecule is COC(CNC(=O)C1CCN(S(=O)(=O)Cc2ccccc2)CC1)c1ccccc1. The molecule has 1 fully saturated rings. The fourth-order valence-electron chi connectivity index (χ4n) is 3.61. The van der Waals surface area contributed by atoms with Crippen LogP contribution < -0.4 is 5.32 Å². The molecule has 0 aromatic heterocycles. The van der Waals surface area contributed by atoms with E-state index < -0.39 is 10.0 Å². The molecule has 1 aliphatic rings. The summed E-state index contributed by atoms with van der Waals surface area (Å²) in [5, 5.41) is 2.96. The molecule has 3 rings (SSSR count). The van der Waals surface area contributed by atoms with Gasteiger partial charge in [-0.2, -0.15) is 0 Å². The Labute approximate surface area is 172 Å². The van der Waals surface area contributed by atoms with E-state index in [1.54, 1.807) is 7.11 Å². The number of benzene rings is 2. The molecule has 1 aliphatic heterocycles. The van der Waals surface area contributed by atoms with Crippen molar-refractivity contribution < 1.29 is 17.9 Å². The molecule has 1 N–H and O–H groups in total. The van der Waals surface area contributed by atoms with Gasteiger partial charge in [0.05, 0.1) is 11.9 Å². The monoisotopic (exact) mass is 416 g/mol. The van der Waals surface area contributed by atoms with Crippen molar-refractivity contribution in [2.24, 2.45) is 5.92 Å². The van der Waals surface area contributed by atoms with E-state index in [2.05, 4.69) is 5.32 Å². The Bertz CT molecular complexity index is 880. The fourth-order valence-corrected chi connectivity index (χ4v) is 5.18. The third kappa shape index (κ3) is 5.88. The van der Waals surface area contributed by atoms with E-state index >= 15 is 0 Å². The molecule has 29 heavy (non-hydrogen) atoms. The van der Waals surface area contributed by atoms with Gasteiger partial charge in [0.15, 0.2) is 0 Å². The summed E-state index contributed by atoms with van der Waals surface area (Å²) in [6.45, 7) is 1.14. The van der Waals surface area contributed by atoms with Crippen LogP contribution in [0.4, 0.5) is 0 Å². The Hall–Kier alpha value is -2.22. The van der Waals surface area contributed by atoms with Crippen LogP contribution >= 0.6 is 0 Å². The topological polar surface area (TPSA) is 75.7 Å². The Balaban J connectivity index is 1.49. The minimum atomic E-state index is -3.37. The molecule has 7 heteroatoms. The number of piperidine rings is 1. The van der Waals surface area contributed by atoms with Gasteiger partial charge in [0.2, 0.25) is 15.9 Å². The molecule has 1 heterocycles. The lowest BCUT2D eigenvalue weighted by Gasteiger charge is -2.31. The van der Waals surface area contributed by atoms with Crippen LogP contribution in [0.1, 0.15) is 30.1 Å². The number of ether oxygens (including phenoxy) is 1. The zero-order chi connectivity index (χ0) is 20.7. The van der Waals surface area contributed by atoms with Crippen LogP contribution in [0.5, 0.6) is 0 Å². The summed E-state index contributed by atoms with van der Waals surface area (Å²) in [6.07, 6.45) is 0.859. The van der Waals surface area contributed by atoms with Crippen molar-refractivity contribution in [2.75, 3.05) is 26.7 Å². The van der Waals surface area contributed by atoms with E-state index in [1.165, 1.54) is 4.31 Å². The molecule has 156 valence electrons. The number of amides is 1. The average molecular weight is 417 g/mol. The largest absolute Gasteiger partial charge is 0.375 e.